The first kappa shape index (κ1) is 13.2. The Balaban J connectivity index is 2.64. The van der Waals surface area contributed by atoms with Crippen LogP contribution >= 0.6 is 11.8 Å². The molecule has 0 atom stereocenters. The Morgan fingerprint density at radius 1 is 1.38 bits per heavy atom. The van der Waals surface area contributed by atoms with E-state index < -0.39 is 18.3 Å². The van der Waals surface area contributed by atoms with Gasteiger partial charge in [0.1, 0.15) is 6.54 Å². The van der Waals surface area contributed by atoms with Crippen LogP contribution in [0.2, 0.25) is 0 Å². The van der Waals surface area contributed by atoms with Gasteiger partial charge in [-0.25, -0.2) is 4.68 Å². The molecule has 0 radical (unpaired) electrons. The van der Waals surface area contributed by atoms with E-state index >= 15 is 0 Å². The maximum Gasteiger partial charge on any atom is 0.408 e. The van der Waals surface area contributed by atoms with Crippen molar-refractivity contribution < 1.29 is 18.3 Å². The van der Waals surface area contributed by atoms with Crippen LogP contribution in [0.4, 0.5) is 13.2 Å². The number of alkyl halides is 3. The minimum absolute atomic E-state index is 0.0412. The summed E-state index contributed by atoms with van der Waals surface area (Å²) in [6, 6.07) is 0. The molecule has 1 N–H and O–H groups in total. The molecule has 1 rings (SSSR count). The first-order valence-corrected chi connectivity index (χ1v) is 5.34. The molecule has 0 bridgehead atoms. The summed E-state index contributed by atoms with van der Waals surface area (Å²) in [4.78, 5) is 0. The molecular weight excluding hydrogens is 245 g/mol. The first-order chi connectivity index (χ1) is 7.17. The molecular formula is C7H11F3N4OS. The van der Waals surface area contributed by atoms with Gasteiger partial charge in [0.2, 0.25) is 5.16 Å². The predicted octanol–water partition coefficient (Wildman–Crippen LogP) is 1.10. The van der Waals surface area contributed by atoms with Gasteiger partial charge in [-0.2, -0.15) is 13.2 Å². The fourth-order valence-electron chi connectivity index (χ4n) is 0.810. The van der Waals surface area contributed by atoms with Crippen molar-refractivity contribution in [3.05, 3.63) is 0 Å². The van der Waals surface area contributed by atoms with E-state index in [4.69, 9.17) is 0 Å². The summed E-state index contributed by atoms with van der Waals surface area (Å²) in [5.41, 5.74) is -0.986. The Bertz CT molecular complexity index is 346. The third-order valence-corrected chi connectivity index (χ3v) is 2.78. The number of aliphatic hydroxyl groups is 1. The Kier molecular flexibility index (Phi) is 3.79. The van der Waals surface area contributed by atoms with Gasteiger partial charge >= 0.3 is 6.18 Å². The summed E-state index contributed by atoms with van der Waals surface area (Å²) in [6.07, 6.45) is -4.36. The van der Waals surface area contributed by atoms with Crippen LogP contribution in [0.1, 0.15) is 13.8 Å². The van der Waals surface area contributed by atoms with Crippen LogP contribution in [0.15, 0.2) is 5.16 Å². The SMILES string of the molecule is CC(C)(O)CSc1nnnn1CC(F)(F)F. The van der Waals surface area contributed by atoms with E-state index in [1.807, 2.05) is 0 Å². The molecule has 5 nitrogen and oxygen atoms in total. The molecule has 1 aromatic rings. The van der Waals surface area contributed by atoms with Crippen molar-refractivity contribution in [2.24, 2.45) is 0 Å². The number of hydrogen-bond donors (Lipinski definition) is 1. The lowest BCUT2D eigenvalue weighted by Crippen LogP contribution is -2.23. The molecule has 0 aliphatic rings. The fraction of sp³-hybridized carbons (Fsp3) is 0.857. The third kappa shape index (κ3) is 4.79. The highest BCUT2D eigenvalue weighted by atomic mass is 32.2. The van der Waals surface area contributed by atoms with Gasteiger partial charge in [-0.05, 0) is 24.3 Å². The molecule has 0 fully saturated rings. The molecule has 1 aromatic heterocycles. The van der Waals surface area contributed by atoms with E-state index in [0.717, 1.165) is 11.8 Å². The van der Waals surface area contributed by atoms with Crippen LogP contribution in [0.5, 0.6) is 0 Å². The summed E-state index contributed by atoms with van der Waals surface area (Å²) < 4.78 is 37.0. The molecule has 16 heavy (non-hydrogen) atoms. The van der Waals surface area contributed by atoms with Crippen molar-refractivity contribution >= 4 is 11.8 Å². The molecule has 0 saturated carbocycles. The quantitative estimate of drug-likeness (QED) is 0.817. The zero-order valence-corrected chi connectivity index (χ0v) is 9.51. The lowest BCUT2D eigenvalue weighted by atomic mass is 10.2. The van der Waals surface area contributed by atoms with Crippen LogP contribution in [0, 0.1) is 0 Å². The van der Waals surface area contributed by atoms with E-state index in [-0.39, 0.29) is 10.9 Å². The average molecular weight is 256 g/mol. The minimum Gasteiger partial charge on any atom is -0.390 e. The highest BCUT2D eigenvalue weighted by molar-refractivity contribution is 7.99. The summed E-state index contributed by atoms with van der Waals surface area (Å²) in [5.74, 6) is 0.214. The average Bonchev–Trinajstić information content (AvgIpc) is 2.44. The number of nitrogens with zero attached hydrogens (tertiary/aromatic N) is 4. The highest BCUT2D eigenvalue weighted by Gasteiger charge is 2.30. The third-order valence-electron chi connectivity index (χ3n) is 1.38. The number of thioether (sulfide) groups is 1. The second-order valence-corrected chi connectivity index (χ2v) is 4.78. The predicted molar refractivity (Wildman–Crippen MR) is 50.9 cm³/mol. The maximum atomic E-state index is 12.1. The van der Waals surface area contributed by atoms with Crippen molar-refractivity contribution in [2.75, 3.05) is 5.75 Å². The van der Waals surface area contributed by atoms with Crippen molar-refractivity contribution in [2.45, 2.75) is 37.3 Å². The zero-order valence-electron chi connectivity index (χ0n) is 8.69. The Morgan fingerprint density at radius 2 is 2.00 bits per heavy atom. The summed E-state index contributed by atoms with van der Waals surface area (Å²) in [7, 11) is 0. The second-order valence-electron chi connectivity index (χ2n) is 3.84. The van der Waals surface area contributed by atoms with Crippen molar-refractivity contribution in [1.29, 1.82) is 0 Å². The van der Waals surface area contributed by atoms with Gasteiger partial charge in [0.15, 0.2) is 0 Å². The van der Waals surface area contributed by atoms with Crippen molar-refractivity contribution in [1.82, 2.24) is 20.2 Å². The molecule has 92 valence electrons. The standard InChI is InChI=1S/C7H11F3N4OS/c1-6(2,15)4-16-5-11-12-13-14(5)3-7(8,9)10/h15H,3-4H2,1-2H3. The van der Waals surface area contributed by atoms with Gasteiger partial charge in [0.25, 0.3) is 0 Å². The normalized spacial score (nSPS) is 13.1. The topological polar surface area (TPSA) is 63.8 Å². The molecule has 0 spiro atoms. The summed E-state index contributed by atoms with van der Waals surface area (Å²) >= 11 is 0.978. The summed E-state index contributed by atoms with van der Waals surface area (Å²) in [5, 5.41) is 19.3. The lowest BCUT2D eigenvalue weighted by Gasteiger charge is -2.15. The fourth-order valence-corrected chi connectivity index (χ4v) is 1.64. The molecule has 9 heteroatoms. The molecule has 1 heterocycles. The number of tetrazole rings is 1. The molecule has 0 unspecified atom stereocenters. The van der Waals surface area contributed by atoms with E-state index in [1.165, 1.54) is 0 Å². The number of aromatic nitrogens is 4. The van der Waals surface area contributed by atoms with E-state index in [9.17, 15) is 18.3 Å². The molecule has 0 amide bonds. The zero-order chi connectivity index (χ0) is 12.4. The van der Waals surface area contributed by atoms with Gasteiger partial charge < -0.3 is 5.11 Å². The molecule has 0 aromatic carbocycles. The first-order valence-electron chi connectivity index (χ1n) is 4.35. The largest absolute Gasteiger partial charge is 0.408 e. The molecule has 0 saturated heterocycles. The second kappa shape index (κ2) is 4.58. The van der Waals surface area contributed by atoms with Gasteiger partial charge in [0.05, 0.1) is 5.60 Å². The van der Waals surface area contributed by atoms with Crippen LogP contribution in [0.25, 0.3) is 0 Å². The van der Waals surface area contributed by atoms with Gasteiger partial charge in [0, 0.05) is 5.75 Å². The van der Waals surface area contributed by atoms with Crippen LogP contribution in [-0.4, -0.2) is 42.8 Å². The van der Waals surface area contributed by atoms with E-state index in [2.05, 4.69) is 15.5 Å². The van der Waals surface area contributed by atoms with E-state index in [1.54, 1.807) is 13.8 Å². The lowest BCUT2D eigenvalue weighted by molar-refractivity contribution is -0.144. The number of halogens is 3. The molecule has 0 aliphatic carbocycles. The Labute approximate surface area is 94.0 Å². The number of rotatable bonds is 4. The van der Waals surface area contributed by atoms with E-state index in [0.29, 0.717) is 4.68 Å². The Hall–Kier alpha value is -0.830. The van der Waals surface area contributed by atoms with Gasteiger partial charge in [-0.3, -0.25) is 0 Å². The summed E-state index contributed by atoms with van der Waals surface area (Å²) in [6.45, 7) is 1.88. The molecule has 0 aliphatic heterocycles. The highest BCUT2D eigenvalue weighted by Crippen LogP contribution is 2.23. The minimum atomic E-state index is -4.36. The monoisotopic (exact) mass is 256 g/mol. The van der Waals surface area contributed by atoms with Crippen LogP contribution in [-0.2, 0) is 6.54 Å². The van der Waals surface area contributed by atoms with Crippen molar-refractivity contribution in [3.8, 4) is 0 Å². The van der Waals surface area contributed by atoms with Gasteiger partial charge in [-0.15, -0.1) is 5.10 Å². The van der Waals surface area contributed by atoms with Crippen molar-refractivity contribution in [3.63, 3.8) is 0 Å². The number of hydrogen-bond acceptors (Lipinski definition) is 5. The van der Waals surface area contributed by atoms with Crippen LogP contribution in [0.3, 0.4) is 0 Å². The Morgan fingerprint density at radius 3 is 2.50 bits per heavy atom. The smallest absolute Gasteiger partial charge is 0.390 e. The maximum absolute atomic E-state index is 12.1. The van der Waals surface area contributed by atoms with Gasteiger partial charge in [-0.1, -0.05) is 11.8 Å². The van der Waals surface area contributed by atoms with Crippen LogP contribution < -0.4 is 0 Å².